The number of nitriles is 1. The van der Waals surface area contributed by atoms with Crippen molar-refractivity contribution in [2.75, 3.05) is 6.54 Å². The Bertz CT molecular complexity index is 1230. The minimum atomic E-state index is -0.649. The van der Waals surface area contributed by atoms with E-state index in [9.17, 15) is 19.6 Å². The van der Waals surface area contributed by atoms with E-state index >= 15 is 0 Å². The summed E-state index contributed by atoms with van der Waals surface area (Å²) in [5.74, 6) is 0.440. The molecule has 0 radical (unpaired) electrons. The van der Waals surface area contributed by atoms with Gasteiger partial charge in [0.05, 0.1) is 5.57 Å². The van der Waals surface area contributed by atoms with E-state index in [1.165, 1.54) is 0 Å². The van der Waals surface area contributed by atoms with Crippen LogP contribution in [-0.2, 0) is 14.4 Å². The van der Waals surface area contributed by atoms with Gasteiger partial charge in [-0.1, -0.05) is 67.0 Å². The number of hydrogen-bond acceptors (Lipinski definition) is 4. The van der Waals surface area contributed by atoms with Crippen LogP contribution in [0.2, 0.25) is 0 Å². The third-order valence-corrected chi connectivity index (χ3v) is 13.0. The van der Waals surface area contributed by atoms with Crippen LogP contribution in [0.4, 0.5) is 0 Å². The summed E-state index contributed by atoms with van der Waals surface area (Å²) in [6.07, 6.45) is 11.4. The van der Waals surface area contributed by atoms with Gasteiger partial charge < -0.3 is 5.32 Å². The second kappa shape index (κ2) is 8.64. The minimum Gasteiger partial charge on any atom is -0.356 e. The fourth-order valence-electron chi connectivity index (χ4n) is 10.4. The lowest BCUT2D eigenvalue weighted by molar-refractivity contribution is -0.170. The lowest BCUT2D eigenvalue weighted by Gasteiger charge is -2.69. The normalized spacial score (nSPS) is 43.9. The molecule has 212 valence electrons. The summed E-state index contributed by atoms with van der Waals surface area (Å²) in [5, 5.41) is 13.1. The lowest BCUT2D eigenvalue weighted by Crippen LogP contribution is -2.65. The molecular weight excluding hydrogens is 484 g/mol. The molecule has 7 atom stereocenters. The molecule has 5 rings (SSSR count). The fraction of sp³-hybridized carbons (Fsp3) is 0.765. The van der Waals surface area contributed by atoms with E-state index in [4.69, 9.17) is 0 Å². The molecule has 3 saturated carbocycles. The van der Waals surface area contributed by atoms with E-state index in [2.05, 4.69) is 46.0 Å². The summed E-state index contributed by atoms with van der Waals surface area (Å²) in [6.45, 7) is 18.2. The Kier molecular flexibility index (Phi) is 6.27. The highest BCUT2D eigenvalue weighted by atomic mass is 16.1. The number of nitrogens with zero attached hydrogens (tertiary/aromatic N) is 1. The molecule has 5 aliphatic carbocycles. The first-order chi connectivity index (χ1) is 18.0. The summed E-state index contributed by atoms with van der Waals surface area (Å²) >= 11 is 0. The topological polar surface area (TPSA) is 87.0 Å². The van der Waals surface area contributed by atoms with Gasteiger partial charge in [-0.3, -0.25) is 14.4 Å². The molecule has 0 unspecified atom stereocenters. The van der Waals surface area contributed by atoms with Crippen molar-refractivity contribution < 1.29 is 14.4 Å². The molecular formula is C34H48N2O3. The Morgan fingerprint density at radius 2 is 1.69 bits per heavy atom. The maximum absolute atomic E-state index is 14.5. The number of carbonyl (C=O) groups is 3. The van der Waals surface area contributed by atoms with E-state index in [1.807, 2.05) is 32.9 Å². The Morgan fingerprint density at radius 1 is 1.03 bits per heavy atom. The van der Waals surface area contributed by atoms with Crippen molar-refractivity contribution in [3.05, 3.63) is 23.3 Å². The SMILES string of the molecule is CCC(=O)NC[C@]12CCC(C)(C)C[C@H]1[C@H]1C(=O)C=C3[C@@]4(C)C=C(C#N)C(=O)C(C)(C)[C@@H]4CC[C@@]3(C)[C@]1(C)CC2. The summed E-state index contributed by atoms with van der Waals surface area (Å²) in [6, 6.07) is 2.20. The van der Waals surface area contributed by atoms with Crippen LogP contribution < -0.4 is 5.32 Å². The maximum atomic E-state index is 14.5. The van der Waals surface area contributed by atoms with Gasteiger partial charge in [-0.25, -0.2) is 0 Å². The molecule has 0 spiro atoms. The van der Waals surface area contributed by atoms with Crippen LogP contribution in [0.25, 0.3) is 0 Å². The van der Waals surface area contributed by atoms with Crippen LogP contribution >= 0.6 is 0 Å². The first-order valence-electron chi connectivity index (χ1n) is 15.2. The summed E-state index contributed by atoms with van der Waals surface area (Å²) < 4.78 is 0. The van der Waals surface area contributed by atoms with E-state index in [-0.39, 0.29) is 62.5 Å². The van der Waals surface area contributed by atoms with Gasteiger partial charge in [-0.05, 0) is 84.5 Å². The van der Waals surface area contributed by atoms with Gasteiger partial charge in [0.1, 0.15) is 6.07 Å². The molecule has 3 fully saturated rings. The average Bonchev–Trinajstić information content (AvgIpc) is 2.86. The molecule has 0 aromatic carbocycles. The average molecular weight is 533 g/mol. The third-order valence-electron chi connectivity index (χ3n) is 13.0. The number of Topliss-reactive ketones (excluding diaryl/α,β-unsaturated/α-hetero) is 1. The highest BCUT2D eigenvalue weighted by Crippen LogP contribution is 2.74. The molecule has 0 aromatic heterocycles. The van der Waals surface area contributed by atoms with Crippen molar-refractivity contribution in [3.8, 4) is 6.07 Å². The van der Waals surface area contributed by atoms with Gasteiger partial charge in [0.25, 0.3) is 0 Å². The number of hydrogen-bond donors (Lipinski definition) is 1. The zero-order valence-corrected chi connectivity index (χ0v) is 25.4. The van der Waals surface area contributed by atoms with Gasteiger partial charge in [0.2, 0.25) is 5.91 Å². The molecule has 1 N–H and O–H groups in total. The Balaban J connectivity index is 1.65. The van der Waals surface area contributed by atoms with Crippen LogP contribution in [0.1, 0.15) is 107 Å². The summed E-state index contributed by atoms with van der Waals surface area (Å²) in [5.41, 5.74) is -0.0735. The predicted molar refractivity (Wildman–Crippen MR) is 152 cm³/mol. The highest BCUT2D eigenvalue weighted by molar-refractivity contribution is 6.04. The standard InChI is InChI=1S/C34H48N2O3/c1-9-26(38)36-20-34-14-12-29(2,3)18-22(34)27-23(37)16-25-31(6)17-21(19-35)28(39)30(4,5)24(31)10-11-32(25,7)33(27,8)13-15-34/h16-17,22,24,27H,9-15,18,20H2,1-8H3,(H,36,38)/t22-,24-,27-,31-,32+,33+,34+/m0/s1. The molecule has 5 aliphatic rings. The number of ketones is 2. The van der Waals surface area contributed by atoms with E-state index in [0.717, 1.165) is 50.5 Å². The Hall–Kier alpha value is -2.22. The molecule has 39 heavy (non-hydrogen) atoms. The van der Waals surface area contributed by atoms with E-state index < -0.39 is 10.8 Å². The number of fused-ring (bicyclic) bond motifs is 7. The molecule has 5 nitrogen and oxygen atoms in total. The molecule has 5 heteroatoms. The number of nitrogens with one attached hydrogen (secondary N) is 1. The second-order valence-electron chi connectivity index (χ2n) is 15.7. The zero-order chi connectivity index (χ0) is 28.8. The first kappa shape index (κ1) is 28.3. The molecule has 0 bridgehead atoms. The Labute approximate surface area is 235 Å². The van der Waals surface area contributed by atoms with E-state index in [0.29, 0.717) is 13.0 Å². The van der Waals surface area contributed by atoms with Gasteiger partial charge in [0.15, 0.2) is 11.6 Å². The van der Waals surface area contributed by atoms with Crippen molar-refractivity contribution in [2.24, 2.45) is 50.2 Å². The molecule has 0 aromatic rings. The van der Waals surface area contributed by atoms with Crippen molar-refractivity contribution in [1.82, 2.24) is 5.32 Å². The lowest BCUT2D eigenvalue weighted by atomic mass is 9.34. The zero-order valence-electron chi connectivity index (χ0n) is 25.4. The molecule has 0 saturated heterocycles. The number of carbonyl (C=O) groups excluding carboxylic acids is 3. The quantitative estimate of drug-likeness (QED) is 0.436. The van der Waals surface area contributed by atoms with E-state index in [1.54, 1.807) is 0 Å². The van der Waals surface area contributed by atoms with Crippen molar-refractivity contribution in [3.63, 3.8) is 0 Å². The smallest absolute Gasteiger partial charge is 0.219 e. The second-order valence-corrected chi connectivity index (χ2v) is 15.7. The molecule has 0 heterocycles. The largest absolute Gasteiger partial charge is 0.356 e. The summed E-state index contributed by atoms with van der Waals surface area (Å²) in [4.78, 5) is 40.1. The fourth-order valence-corrected chi connectivity index (χ4v) is 10.4. The van der Waals surface area contributed by atoms with Gasteiger partial charge in [0, 0.05) is 29.7 Å². The van der Waals surface area contributed by atoms with Crippen LogP contribution in [0.3, 0.4) is 0 Å². The van der Waals surface area contributed by atoms with Gasteiger partial charge >= 0.3 is 0 Å². The number of rotatable bonds is 3. The minimum absolute atomic E-state index is 0.0455. The van der Waals surface area contributed by atoms with Crippen molar-refractivity contribution in [2.45, 2.75) is 107 Å². The first-order valence-corrected chi connectivity index (χ1v) is 15.2. The molecule has 1 amide bonds. The van der Waals surface area contributed by atoms with Gasteiger partial charge in [-0.15, -0.1) is 0 Å². The van der Waals surface area contributed by atoms with Crippen molar-refractivity contribution in [1.29, 1.82) is 5.26 Å². The summed E-state index contributed by atoms with van der Waals surface area (Å²) in [7, 11) is 0. The third kappa shape index (κ3) is 3.72. The van der Waals surface area contributed by atoms with Crippen LogP contribution in [-0.4, -0.2) is 24.0 Å². The number of allylic oxidation sites excluding steroid dienone is 4. The monoisotopic (exact) mass is 532 g/mol. The predicted octanol–water partition coefficient (Wildman–Crippen LogP) is 6.73. The van der Waals surface area contributed by atoms with Gasteiger partial charge in [-0.2, -0.15) is 5.26 Å². The van der Waals surface area contributed by atoms with Crippen LogP contribution in [0.5, 0.6) is 0 Å². The van der Waals surface area contributed by atoms with Crippen LogP contribution in [0.15, 0.2) is 23.3 Å². The maximum Gasteiger partial charge on any atom is 0.219 e. The molecule has 0 aliphatic heterocycles. The number of amides is 1. The van der Waals surface area contributed by atoms with Crippen LogP contribution in [0, 0.1) is 61.6 Å². The highest BCUT2D eigenvalue weighted by Gasteiger charge is 2.69. The van der Waals surface area contributed by atoms with Crippen molar-refractivity contribution >= 4 is 17.5 Å². The Morgan fingerprint density at radius 3 is 2.33 bits per heavy atom.